The number of aromatic nitrogens is 2. The van der Waals surface area contributed by atoms with Gasteiger partial charge in [-0.3, -0.25) is 4.90 Å². The fraction of sp³-hybridized carbons (Fsp3) is 0.500. The van der Waals surface area contributed by atoms with Crippen molar-refractivity contribution in [3.8, 4) is 0 Å². The van der Waals surface area contributed by atoms with E-state index in [1.807, 2.05) is 13.0 Å². The molecular weight excluding hydrogens is 348 g/mol. The van der Waals surface area contributed by atoms with Gasteiger partial charge in [0, 0.05) is 36.3 Å². The number of piperidine rings is 3. The molecular formula is C20H23F2N5. The van der Waals surface area contributed by atoms with Gasteiger partial charge in [-0.25, -0.2) is 13.8 Å². The lowest BCUT2D eigenvalue weighted by Gasteiger charge is -2.51. The Morgan fingerprint density at radius 3 is 2.63 bits per heavy atom. The molecule has 4 aliphatic rings. The van der Waals surface area contributed by atoms with Gasteiger partial charge in [-0.1, -0.05) is 12.1 Å². The molecule has 0 radical (unpaired) electrons. The highest BCUT2D eigenvalue weighted by Crippen LogP contribution is 2.48. The molecule has 4 aliphatic heterocycles. The minimum atomic E-state index is -0.777. The van der Waals surface area contributed by atoms with Gasteiger partial charge in [0.25, 0.3) is 0 Å². The van der Waals surface area contributed by atoms with Gasteiger partial charge in [0.15, 0.2) is 11.6 Å². The third-order valence-electron chi connectivity index (χ3n) is 6.53. The highest BCUT2D eigenvalue weighted by atomic mass is 19.2. The van der Waals surface area contributed by atoms with Crippen LogP contribution in [0.15, 0.2) is 24.3 Å². The van der Waals surface area contributed by atoms with Crippen LogP contribution in [0.2, 0.25) is 0 Å². The van der Waals surface area contributed by atoms with E-state index in [0.29, 0.717) is 18.0 Å². The number of hydrogen-bond acceptors (Lipinski definition) is 5. The highest BCUT2D eigenvalue weighted by molar-refractivity contribution is 5.49. The molecule has 2 N–H and O–H groups in total. The Hall–Kier alpha value is -2.28. The first-order valence-electron chi connectivity index (χ1n) is 9.58. The molecule has 5 nitrogen and oxygen atoms in total. The van der Waals surface area contributed by atoms with E-state index in [9.17, 15) is 8.78 Å². The topological polar surface area (TPSA) is 58.3 Å². The molecule has 2 aromatic rings. The van der Waals surface area contributed by atoms with Crippen molar-refractivity contribution in [1.82, 2.24) is 14.9 Å². The zero-order valence-electron chi connectivity index (χ0n) is 15.3. The van der Waals surface area contributed by atoms with Crippen molar-refractivity contribution in [2.75, 3.05) is 30.3 Å². The Labute approximate surface area is 157 Å². The molecule has 7 heteroatoms. The third-order valence-corrected chi connectivity index (χ3v) is 6.53. The predicted molar refractivity (Wildman–Crippen MR) is 99.5 cm³/mol. The number of anilines is 2. The summed E-state index contributed by atoms with van der Waals surface area (Å²) in [7, 11) is 0. The summed E-state index contributed by atoms with van der Waals surface area (Å²) in [5.41, 5.74) is 7.18. The Balaban J connectivity index is 1.61. The Bertz CT molecular complexity index is 860. The number of nitrogens with zero attached hydrogens (tertiary/aromatic N) is 4. The van der Waals surface area contributed by atoms with Crippen LogP contribution in [0.3, 0.4) is 0 Å². The van der Waals surface area contributed by atoms with Crippen LogP contribution < -0.4 is 10.6 Å². The molecule has 27 heavy (non-hydrogen) atoms. The summed E-state index contributed by atoms with van der Waals surface area (Å²) >= 11 is 0. The zero-order chi connectivity index (χ0) is 18.7. The molecule has 2 bridgehead atoms. The van der Waals surface area contributed by atoms with Gasteiger partial charge in [0.1, 0.15) is 5.82 Å². The van der Waals surface area contributed by atoms with E-state index in [4.69, 9.17) is 5.73 Å². The van der Waals surface area contributed by atoms with Crippen molar-refractivity contribution in [1.29, 1.82) is 0 Å². The summed E-state index contributed by atoms with van der Waals surface area (Å²) in [6.45, 7) is 4.56. The van der Waals surface area contributed by atoms with Crippen LogP contribution >= 0.6 is 0 Å². The quantitative estimate of drug-likeness (QED) is 0.880. The normalized spacial score (nSPS) is 32.0. The monoisotopic (exact) mass is 371 g/mol. The first kappa shape index (κ1) is 16.9. The third kappa shape index (κ3) is 2.59. The number of rotatable bonds is 2. The largest absolute Gasteiger partial charge is 0.368 e. The lowest BCUT2D eigenvalue weighted by molar-refractivity contribution is 0.0350. The van der Waals surface area contributed by atoms with Gasteiger partial charge in [0.05, 0.1) is 0 Å². The first-order chi connectivity index (χ1) is 13.0. The molecule has 4 fully saturated rings. The van der Waals surface area contributed by atoms with Crippen molar-refractivity contribution in [3.63, 3.8) is 0 Å². The minimum absolute atomic E-state index is 0.0923. The van der Waals surface area contributed by atoms with Gasteiger partial charge >= 0.3 is 0 Å². The lowest BCUT2D eigenvalue weighted by atomic mass is 9.75. The number of nitrogen functional groups attached to an aromatic ring is 1. The second-order valence-electron chi connectivity index (χ2n) is 7.98. The lowest BCUT2D eigenvalue weighted by Crippen LogP contribution is -2.60. The molecule has 5 heterocycles. The smallest absolute Gasteiger partial charge is 0.222 e. The molecule has 0 unspecified atom stereocenters. The molecule has 1 aromatic heterocycles. The highest BCUT2D eigenvalue weighted by Gasteiger charge is 2.54. The van der Waals surface area contributed by atoms with Crippen molar-refractivity contribution in [3.05, 3.63) is 47.2 Å². The number of hydrogen-bond donors (Lipinski definition) is 1. The van der Waals surface area contributed by atoms with Crippen LogP contribution in [-0.2, 0) is 0 Å². The molecule has 6 rings (SSSR count). The summed E-state index contributed by atoms with van der Waals surface area (Å²) in [6, 6.07) is 6.88. The van der Waals surface area contributed by atoms with Crippen LogP contribution in [0.1, 0.15) is 30.0 Å². The number of benzene rings is 1. The summed E-state index contributed by atoms with van der Waals surface area (Å²) in [5.74, 6) is -0.000549. The van der Waals surface area contributed by atoms with E-state index < -0.39 is 11.6 Å². The predicted octanol–water partition coefficient (Wildman–Crippen LogP) is 2.71. The number of nitrogens with two attached hydrogens (primary N) is 1. The van der Waals surface area contributed by atoms with Crippen molar-refractivity contribution >= 4 is 11.8 Å². The number of aryl methyl sites for hydroxylation is 1. The Kier molecular flexibility index (Phi) is 3.82. The van der Waals surface area contributed by atoms with E-state index >= 15 is 0 Å². The van der Waals surface area contributed by atoms with Gasteiger partial charge < -0.3 is 10.6 Å². The van der Waals surface area contributed by atoms with Crippen LogP contribution in [0, 0.1) is 24.5 Å². The molecule has 0 spiro atoms. The Morgan fingerprint density at radius 2 is 1.89 bits per heavy atom. The van der Waals surface area contributed by atoms with E-state index in [1.165, 1.54) is 6.07 Å². The van der Waals surface area contributed by atoms with Crippen LogP contribution in [-0.4, -0.2) is 46.6 Å². The maximum Gasteiger partial charge on any atom is 0.222 e. The molecule has 0 amide bonds. The summed E-state index contributed by atoms with van der Waals surface area (Å²) in [5, 5.41) is 0. The standard InChI is InChI=1S/C20H23F2N5/c1-11-9-16(25-20(23)24-11)27-10-14(13-3-2-4-15(21)17(13)22)19-18(27)12-5-7-26(19)8-6-12/h2-4,9,12,14,18-19H,5-8,10H2,1H3,(H2,23,24,25)/t14-,18+,19+/m0/s1. The fourth-order valence-corrected chi connectivity index (χ4v) is 5.48. The molecule has 3 atom stereocenters. The fourth-order valence-electron chi connectivity index (χ4n) is 5.48. The summed E-state index contributed by atoms with van der Waals surface area (Å²) < 4.78 is 28.6. The SMILES string of the molecule is Cc1cc(N2C[C@@H](c3cccc(F)c3F)[C@@H]3[C@H]2C2CCN3CC2)nc(N)n1. The van der Waals surface area contributed by atoms with Gasteiger partial charge in [-0.2, -0.15) is 4.98 Å². The minimum Gasteiger partial charge on any atom is -0.368 e. The van der Waals surface area contributed by atoms with Gasteiger partial charge in [0.2, 0.25) is 5.95 Å². The van der Waals surface area contributed by atoms with Crippen molar-refractivity contribution in [2.24, 2.45) is 5.92 Å². The van der Waals surface area contributed by atoms with Crippen molar-refractivity contribution < 1.29 is 8.78 Å². The summed E-state index contributed by atoms with van der Waals surface area (Å²) in [6.07, 6.45) is 2.27. The number of halogens is 2. The van der Waals surface area contributed by atoms with Crippen LogP contribution in [0.5, 0.6) is 0 Å². The number of fused-ring (bicyclic) bond motifs is 2. The van der Waals surface area contributed by atoms with Gasteiger partial charge in [-0.15, -0.1) is 0 Å². The zero-order valence-corrected chi connectivity index (χ0v) is 15.3. The Morgan fingerprint density at radius 1 is 1.11 bits per heavy atom. The van der Waals surface area contributed by atoms with Crippen LogP contribution in [0.25, 0.3) is 0 Å². The first-order valence-corrected chi connectivity index (χ1v) is 9.58. The molecule has 142 valence electrons. The average molecular weight is 371 g/mol. The van der Waals surface area contributed by atoms with E-state index in [1.54, 1.807) is 12.1 Å². The molecule has 1 aromatic carbocycles. The van der Waals surface area contributed by atoms with E-state index in [2.05, 4.69) is 19.8 Å². The van der Waals surface area contributed by atoms with E-state index in [0.717, 1.165) is 37.4 Å². The second kappa shape index (κ2) is 6.12. The second-order valence-corrected chi connectivity index (χ2v) is 7.98. The van der Waals surface area contributed by atoms with Crippen molar-refractivity contribution in [2.45, 2.75) is 37.8 Å². The average Bonchev–Trinajstić information content (AvgIpc) is 3.07. The molecule has 0 saturated carbocycles. The maximum absolute atomic E-state index is 14.7. The van der Waals surface area contributed by atoms with E-state index in [-0.39, 0.29) is 23.9 Å². The maximum atomic E-state index is 14.7. The van der Waals surface area contributed by atoms with Gasteiger partial charge in [-0.05, 0) is 50.4 Å². The van der Waals surface area contributed by atoms with Crippen LogP contribution in [0.4, 0.5) is 20.5 Å². The summed E-state index contributed by atoms with van der Waals surface area (Å²) in [4.78, 5) is 13.4. The molecule has 0 aliphatic carbocycles. The molecule has 4 saturated heterocycles.